The molecule has 31 heavy (non-hydrogen) atoms. The number of carbonyl (C=O) groups excluding carboxylic acids is 1. The standard InChI is InChI=1S/C20H18BrN5O3S2/c1-4-31(28,29)20-24-19(30-25-20)23-18(27)15(11-22)10-14-9-12(2)26(13(14)3)17-7-5-16(21)6-8-17/h5-10H,4H2,1-3H3,(H,23,24,25,27)/b15-10-. The van der Waals surface area contributed by atoms with E-state index >= 15 is 0 Å². The SMILES string of the molecule is CCS(=O)(=O)c1nsc(NC(=O)/C(C#N)=C\c2cc(C)n(-c3ccc(Br)cc3)c2C)n1. The van der Waals surface area contributed by atoms with E-state index < -0.39 is 15.7 Å². The van der Waals surface area contributed by atoms with Crippen LogP contribution in [0.3, 0.4) is 0 Å². The number of hydrogen-bond donors (Lipinski definition) is 1. The summed E-state index contributed by atoms with van der Waals surface area (Å²) >= 11 is 4.17. The van der Waals surface area contributed by atoms with E-state index in [0.29, 0.717) is 0 Å². The van der Waals surface area contributed by atoms with Crippen LogP contribution in [0.25, 0.3) is 11.8 Å². The minimum atomic E-state index is -3.57. The van der Waals surface area contributed by atoms with Crippen LogP contribution in [0.1, 0.15) is 23.9 Å². The van der Waals surface area contributed by atoms with Gasteiger partial charge in [-0.25, -0.2) is 8.42 Å². The van der Waals surface area contributed by atoms with Crippen LogP contribution in [0.15, 0.2) is 45.5 Å². The normalized spacial score (nSPS) is 11.9. The number of anilines is 1. The topological polar surface area (TPSA) is 118 Å². The predicted octanol–water partition coefficient (Wildman–Crippen LogP) is 4.05. The maximum absolute atomic E-state index is 12.6. The molecule has 0 bridgehead atoms. The van der Waals surface area contributed by atoms with Crippen molar-refractivity contribution in [3.8, 4) is 11.8 Å². The van der Waals surface area contributed by atoms with Crippen molar-refractivity contribution in [3.05, 3.63) is 57.3 Å². The minimum absolute atomic E-state index is 0.0125. The molecule has 8 nitrogen and oxygen atoms in total. The predicted molar refractivity (Wildman–Crippen MR) is 123 cm³/mol. The van der Waals surface area contributed by atoms with Crippen LogP contribution in [0.4, 0.5) is 5.13 Å². The molecule has 1 N–H and O–H groups in total. The fourth-order valence-electron chi connectivity index (χ4n) is 2.91. The van der Waals surface area contributed by atoms with Crippen molar-refractivity contribution < 1.29 is 13.2 Å². The largest absolute Gasteiger partial charge is 0.318 e. The number of rotatable bonds is 6. The fourth-order valence-corrected chi connectivity index (χ4v) is 4.75. The fraction of sp³-hybridized carbons (Fsp3) is 0.200. The zero-order valence-corrected chi connectivity index (χ0v) is 20.1. The summed E-state index contributed by atoms with van der Waals surface area (Å²) in [6.07, 6.45) is 1.50. The maximum Gasteiger partial charge on any atom is 0.268 e. The van der Waals surface area contributed by atoms with Crippen LogP contribution in [0, 0.1) is 25.2 Å². The summed E-state index contributed by atoms with van der Waals surface area (Å²) in [4.78, 5) is 16.4. The van der Waals surface area contributed by atoms with E-state index in [9.17, 15) is 18.5 Å². The van der Waals surface area contributed by atoms with Gasteiger partial charge in [0.2, 0.25) is 15.0 Å². The molecule has 160 valence electrons. The van der Waals surface area contributed by atoms with Gasteiger partial charge in [0, 0.05) is 33.1 Å². The number of nitriles is 1. The van der Waals surface area contributed by atoms with E-state index in [1.54, 1.807) is 0 Å². The third-order valence-electron chi connectivity index (χ3n) is 4.51. The Hall–Kier alpha value is -2.81. The Kier molecular flexibility index (Phi) is 6.74. The van der Waals surface area contributed by atoms with Crippen molar-refractivity contribution in [2.45, 2.75) is 25.9 Å². The molecule has 0 spiro atoms. The van der Waals surface area contributed by atoms with E-state index in [0.717, 1.165) is 38.6 Å². The third kappa shape index (κ3) is 4.92. The Bertz CT molecular complexity index is 1320. The summed E-state index contributed by atoms with van der Waals surface area (Å²) in [5, 5.41) is 11.6. The minimum Gasteiger partial charge on any atom is -0.318 e. The van der Waals surface area contributed by atoms with Crippen LogP contribution < -0.4 is 5.32 Å². The third-order valence-corrected chi connectivity index (χ3v) is 7.28. The Balaban J connectivity index is 1.88. The Morgan fingerprint density at radius 1 is 1.32 bits per heavy atom. The van der Waals surface area contributed by atoms with Crippen molar-refractivity contribution in [1.29, 1.82) is 5.26 Å². The van der Waals surface area contributed by atoms with Crippen LogP contribution >= 0.6 is 27.5 Å². The lowest BCUT2D eigenvalue weighted by atomic mass is 10.1. The van der Waals surface area contributed by atoms with Crippen molar-refractivity contribution in [2.75, 3.05) is 11.1 Å². The summed E-state index contributed by atoms with van der Waals surface area (Å²) < 4.78 is 30.4. The molecule has 0 saturated heterocycles. The van der Waals surface area contributed by atoms with E-state index in [1.807, 2.05) is 54.8 Å². The highest BCUT2D eigenvalue weighted by molar-refractivity contribution is 9.10. The van der Waals surface area contributed by atoms with Gasteiger partial charge in [-0.05, 0) is 55.8 Å². The number of sulfone groups is 1. The Labute approximate surface area is 192 Å². The molecular formula is C20H18BrN5O3S2. The number of nitrogens with zero attached hydrogens (tertiary/aromatic N) is 4. The first-order chi connectivity index (χ1) is 14.7. The van der Waals surface area contributed by atoms with Crippen LogP contribution in [-0.2, 0) is 14.6 Å². The monoisotopic (exact) mass is 519 g/mol. The highest BCUT2D eigenvalue weighted by atomic mass is 79.9. The first kappa shape index (κ1) is 22.9. The summed E-state index contributed by atoms with van der Waals surface area (Å²) in [6.45, 7) is 5.33. The summed E-state index contributed by atoms with van der Waals surface area (Å²) in [5.74, 6) is -0.832. The number of benzene rings is 1. The highest BCUT2D eigenvalue weighted by Gasteiger charge is 2.20. The number of amides is 1. The lowest BCUT2D eigenvalue weighted by Crippen LogP contribution is -2.14. The van der Waals surface area contributed by atoms with Gasteiger partial charge in [-0.2, -0.15) is 14.6 Å². The first-order valence-corrected chi connectivity index (χ1v) is 12.3. The molecule has 0 saturated carbocycles. The van der Waals surface area contributed by atoms with Gasteiger partial charge >= 0.3 is 0 Å². The zero-order chi connectivity index (χ0) is 22.8. The quantitative estimate of drug-likeness (QED) is 0.387. The van der Waals surface area contributed by atoms with E-state index in [-0.39, 0.29) is 21.6 Å². The second kappa shape index (κ2) is 9.13. The average molecular weight is 520 g/mol. The molecule has 3 rings (SSSR count). The van der Waals surface area contributed by atoms with Crippen LogP contribution in [0.5, 0.6) is 0 Å². The van der Waals surface area contributed by atoms with Gasteiger partial charge < -0.3 is 4.57 Å². The van der Waals surface area contributed by atoms with Crippen LogP contribution in [0.2, 0.25) is 0 Å². The number of halogens is 1. The molecule has 0 aliphatic heterocycles. The van der Waals surface area contributed by atoms with E-state index in [2.05, 4.69) is 30.6 Å². The molecule has 0 aliphatic rings. The highest BCUT2D eigenvalue weighted by Crippen LogP contribution is 2.24. The number of hydrogen-bond acceptors (Lipinski definition) is 7. The van der Waals surface area contributed by atoms with Gasteiger partial charge in [0.25, 0.3) is 11.1 Å². The lowest BCUT2D eigenvalue weighted by molar-refractivity contribution is -0.112. The first-order valence-electron chi connectivity index (χ1n) is 9.10. The molecular weight excluding hydrogens is 502 g/mol. The zero-order valence-electron chi connectivity index (χ0n) is 16.9. The van der Waals surface area contributed by atoms with Crippen molar-refractivity contribution in [1.82, 2.24) is 13.9 Å². The molecule has 11 heteroatoms. The van der Waals surface area contributed by atoms with Crippen molar-refractivity contribution in [3.63, 3.8) is 0 Å². The molecule has 2 heterocycles. The number of carbonyl (C=O) groups is 1. The summed E-state index contributed by atoms with van der Waals surface area (Å²) in [6, 6.07) is 11.6. The molecule has 0 unspecified atom stereocenters. The number of nitrogens with one attached hydrogen (secondary N) is 1. The van der Waals surface area contributed by atoms with Crippen LogP contribution in [-0.4, -0.2) is 34.0 Å². The van der Waals surface area contributed by atoms with Gasteiger partial charge in [-0.15, -0.1) is 0 Å². The molecule has 1 amide bonds. The van der Waals surface area contributed by atoms with Gasteiger partial charge in [-0.3, -0.25) is 10.1 Å². The lowest BCUT2D eigenvalue weighted by Gasteiger charge is -2.09. The van der Waals surface area contributed by atoms with Gasteiger partial charge in [0.15, 0.2) is 0 Å². The molecule has 2 aromatic heterocycles. The Morgan fingerprint density at radius 3 is 2.61 bits per heavy atom. The smallest absolute Gasteiger partial charge is 0.268 e. The molecule has 0 aliphatic carbocycles. The molecule has 3 aromatic rings. The van der Waals surface area contributed by atoms with Gasteiger partial charge in [-0.1, -0.05) is 22.9 Å². The summed E-state index contributed by atoms with van der Waals surface area (Å²) in [5.41, 5.74) is 3.36. The molecule has 0 radical (unpaired) electrons. The van der Waals surface area contributed by atoms with Crippen molar-refractivity contribution in [2.24, 2.45) is 0 Å². The van der Waals surface area contributed by atoms with Gasteiger partial charge in [0.1, 0.15) is 11.6 Å². The maximum atomic E-state index is 12.6. The average Bonchev–Trinajstić information content (AvgIpc) is 3.31. The second-order valence-electron chi connectivity index (χ2n) is 6.55. The number of aromatic nitrogens is 3. The van der Waals surface area contributed by atoms with Gasteiger partial charge in [0.05, 0.1) is 5.75 Å². The van der Waals surface area contributed by atoms with E-state index in [4.69, 9.17) is 0 Å². The Morgan fingerprint density at radius 2 is 2.00 bits per heavy atom. The molecule has 0 fully saturated rings. The number of aryl methyl sites for hydroxylation is 1. The molecule has 1 aromatic carbocycles. The van der Waals surface area contributed by atoms with E-state index in [1.165, 1.54) is 13.0 Å². The van der Waals surface area contributed by atoms with Crippen molar-refractivity contribution >= 4 is 54.4 Å². The second-order valence-corrected chi connectivity index (χ2v) is 10.4. The summed E-state index contributed by atoms with van der Waals surface area (Å²) in [7, 11) is -3.57. The molecule has 0 atom stereocenters.